The zero-order valence-corrected chi connectivity index (χ0v) is 13.2. The molecular weight excluding hydrogens is 318 g/mol. The molecule has 23 heavy (non-hydrogen) atoms. The fourth-order valence-electron chi connectivity index (χ4n) is 3.03. The number of nitrogens with two attached hydrogens (primary N) is 1. The number of thiophene rings is 1. The molecule has 3 rings (SSSR count). The van der Waals surface area contributed by atoms with Crippen LogP contribution in [0.25, 0.3) is 10.1 Å². The van der Waals surface area contributed by atoms with Gasteiger partial charge in [0.05, 0.1) is 27.9 Å². The van der Waals surface area contributed by atoms with Crippen molar-refractivity contribution in [3.8, 4) is 5.75 Å². The minimum Gasteiger partial charge on any atom is -0.493 e. The molecule has 0 radical (unpaired) electrons. The van der Waals surface area contributed by atoms with Gasteiger partial charge in [0.1, 0.15) is 10.6 Å². The predicted molar refractivity (Wildman–Crippen MR) is 87.6 cm³/mol. The second-order valence-electron chi connectivity index (χ2n) is 5.73. The van der Waals surface area contributed by atoms with E-state index in [-0.39, 0.29) is 16.1 Å². The van der Waals surface area contributed by atoms with Crippen LogP contribution in [0, 0.1) is 5.92 Å². The van der Waals surface area contributed by atoms with Crippen LogP contribution in [0.1, 0.15) is 45.7 Å². The van der Waals surface area contributed by atoms with E-state index in [1.807, 2.05) is 0 Å². The third-order valence-electron chi connectivity index (χ3n) is 4.21. The number of rotatable bonds is 5. The van der Waals surface area contributed by atoms with E-state index in [2.05, 4.69) is 0 Å². The predicted octanol–water partition coefficient (Wildman–Crippen LogP) is 3.45. The molecule has 0 bridgehead atoms. The van der Waals surface area contributed by atoms with Crippen LogP contribution in [0.4, 0.5) is 5.69 Å². The fraction of sp³-hybridized carbons (Fsp3) is 0.375. The molecule has 0 amide bonds. The SMILES string of the molecule is Nc1c(C(=O)O)sc2c(C(=O)O)ccc(OCC3CCCC3)c12. The van der Waals surface area contributed by atoms with Crippen molar-refractivity contribution in [2.45, 2.75) is 25.7 Å². The molecular formula is C16H17NO5S. The van der Waals surface area contributed by atoms with E-state index in [1.54, 1.807) is 6.07 Å². The van der Waals surface area contributed by atoms with Crippen LogP contribution in [-0.4, -0.2) is 28.8 Å². The Morgan fingerprint density at radius 2 is 1.91 bits per heavy atom. The number of hydrogen-bond acceptors (Lipinski definition) is 5. The van der Waals surface area contributed by atoms with Crippen LogP contribution < -0.4 is 10.5 Å². The summed E-state index contributed by atoms with van der Waals surface area (Å²) >= 11 is 0.874. The van der Waals surface area contributed by atoms with E-state index in [4.69, 9.17) is 10.5 Å². The molecule has 6 nitrogen and oxygen atoms in total. The summed E-state index contributed by atoms with van der Waals surface area (Å²) in [4.78, 5) is 22.6. The van der Waals surface area contributed by atoms with Gasteiger partial charge in [-0.25, -0.2) is 9.59 Å². The number of fused-ring (bicyclic) bond motifs is 1. The van der Waals surface area contributed by atoms with E-state index in [9.17, 15) is 19.8 Å². The van der Waals surface area contributed by atoms with Gasteiger partial charge in [-0.2, -0.15) is 0 Å². The molecule has 7 heteroatoms. The lowest BCUT2D eigenvalue weighted by Crippen LogP contribution is -2.09. The van der Waals surface area contributed by atoms with Crippen molar-refractivity contribution in [3.63, 3.8) is 0 Å². The summed E-state index contributed by atoms with van der Waals surface area (Å²) in [7, 11) is 0. The molecule has 1 aliphatic carbocycles. The first-order chi connectivity index (χ1) is 11.0. The molecule has 0 spiro atoms. The highest BCUT2D eigenvalue weighted by molar-refractivity contribution is 7.22. The Labute approximate surface area is 136 Å². The number of benzene rings is 1. The first kappa shape index (κ1) is 15.6. The zero-order valence-electron chi connectivity index (χ0n) is 12.4. The number of ether oxygens (including phenoxy) is 1. The van der Waals surface area contributed by atoms with Crippen LogP contribution in [0.3, 0.4) is 0 Å². The highest BCUT2D eigenvalue weighted by atomic mass is 32.1. The fourth-order valence-corrected chi connectivity index (χ4v) is 4.11. The van der Waals surface area contributed by atoms with Gasteiger partial charge < -0.3 is 20.7 Å². The summed E-state index contributed by atoms with van der Waals surface area (Å²) in [5.41, 5.74) is 6.06. The Hall–Kier alpha value is -2.28. The number of nitrogen functional groups attached to an aromatic ring is 1. The Bertz CT molecular complexity index is 776. The molecule has 4 N–H and O–H groups in total. The van der Waals surface area contributed by atoms with Crippen LogP contribution in [-0.2, 0) is 0 Å². The number of hydrogen-bond donors (Lipinski definition) is 3. The molecule has 2 aromatic rings. The average Bonchev–Trinajstić information content (AvgIpc) is 3.13. The summed E-state index contributed by atoms with van der Waals surface area (Å²) < 4.78 is 6.20. The molecule has 0 unspecified atom stereocenters. The van der Waals surface area contributed by atoms with E-state index in [0.29, 0.717) is 28.4 Å². The minimum atomic E-state index is -1.17. The molecule has 1 fully saturated rings. The van der Waals surface area contributed by atoms with Crippen molar-refractivity contribution < 1.29 is 24.5 Å². The van der Waals surface area contributed by atoms with Crippen LogP contribution in [0.2, 0.25) is 0 Å². The lowest BCUT2D eigenvalue weighted by atomic mass is 10.1. The van der Waals surface area contributed by atoms with Crippen LogP contribution in [0.15, 0.2) is 12.1 Å². The molecule has 0 aliphatic heterocycles. The molecule has 1 aromatic carbocycles. The van der Waals surface area contributed by atoms with Gasteiger partial charge in [0.2, 0.25) is 0 Å². The third-order valence-corrected chi connectivity index (χ3v) is 5.44. The van der Waals surface area contributed by atoms with E-state index < -0.39 is 11.9 Å². The van der Waals surface area contributed by atoms with Crippen molar-refractivity contribution in [1.82, 2.24) is 0 Å². The maximum absolute atomic E-state index is 11.4. The Kier molecular flexibility index (Phi) is 4.12. The summed E-state index contributed by atoms with van der Waals surface area (Å²) in [5, 5.41) is 18.9. The van der Waals surface area contributed by atoms with Crippen LogP contribution in [0.5, 0.6) is 5.75 Å². The number of aromatic carboxylic acids is 2. The Balaban J connectivity index is 2.05. The normalized spacial score (nSPS) is 15.1. The average molecular weight is 335 g/mol. The second-order valence-corrected chi connectivity index (χ2v) is 6.75. The standard InChI is InChI=1S/C16H17NO5S/c17-12-11-10(22-7-8-3-1-2-4-8)6-5-9(15(18)19)13(11)23-14(12)16(20)21/h5-6,8H,1-4,7,17H2,(H,18,19)(H,20,21). The molecule has 0 atom stereocenters. The molecule has 1 aliphatic rings. The Morgan fingerprint density at radius 1 is 1.22 bits per heavy atom. The van der Waals surface area contributed by atoms with Crippen molar-refractivity contribution in [2.75, 3.05) is 12.3 Å². The van der Waals surface area contributed by atoms with Crippen molar-refractivity contribution >= 4 is 39.0 Å². The quantitative estimate of drug-likeness (QED) is 0.772. The maximum atomic E-state index is 11.4. The number of carboxylic acid groups (broad SMARTS) is 2. The summed E-state index contributed by atoms with van der Waals surface area (Å²) in [5.74, 6) is -1.33. The highest BCUT2D eigenvalue weighted by Crippen LogP contribution is 2.42. The van der Waals surface area contributed by atoms with Crippen molar-refractivity contribution in [2.24, 2.45) is 5.92 Å². The van der Waals surface area contributed by atoms with Gasteiger partial charge in [-0.05, 0) is 30.9 Å². The van der Waals surface area contributed by atoms with Gasteiger partial charge in [-0.1, -0.05) is 12.8 Å². The molecule has 122 valence electrons. The highest BCUT2D eigenvalue weighted by Gasteiger charge is 2.24. The topological polar surface area (TPSA) is 110 Å². The van der Waals surface area contributed by atoms with E-state index in [1.165, 1.54) is 18.9 Å². The number of anilines is 1. The molecule has 1 heterocycles. The smallest absolute Gasteiger partial charge is 0.348 e. The lowest BCUT2D eigenvalue weighted by Gasteiger charge is -2.13. The first-order valence-electron chi connectivity index (χ1n) is 7.43. The monoisotopic (exact) mass is 335 g/mol. The first-order valence-corrected chi connectivity index (χ1v) is 8.25. The summed E-state index contributed by atoms with van der Waals surface area (Å²) in [6, 6.07) is 3.01. The van der Waals surface area contributed by atoms with E-state index in [0.717, 1.165) is 24.2 Å². The Morgan fingerprint density at radius 3 is 2.52 bits per heavy atom. The van der Waals surface area contributed by atoms with E-state index >= 15 is 0 Å². The molecule has 1 saturated carbocycles. The van der Waals surface area contributed by atoms with Crippen LogP contribution >= 0.6 is 11.3 Å². The molecule has 1 aromatic heterocycles. The number of carboxylic acids is 2. The zero-order chi connectivity index (χ0) is 16.6. The van der Waals surface area contributed by atoms with Crippen molar-refractivity contribution in [1.29, 1.82) is 0 Å². The largest absolute Gasteiger partial charge is 0.493 e. The minimum absolute atomic E-state index is 0.0393. The number of carbonyl (C=O) groups is 2. The van der Waals surface area contributed by atoms with Gasteiger partial charge >= 0.3 is 11.9 Å². The van der Waals surface area contributed by atoms with Gasteiger partial charge in [-0.3, -0.25) is 0 Å². The van der Waals surface area contributed by atoms with Gasteiger partial charge in [0, 0.05) is 0 Å². The van der Waals surface area contributed by atoms with Gasteiger partial charge in [0.25, 0.3) is 0 Å². The lowest BCUT2D eigenvalue weighted by molar-refractivity contribution is 0.0689. The van der Waals surface area contributed by atoms with Gasteiger partial charge in [-0.15, -0.1) is 11.3 Å². The second kappa shape index (κ2) is 6.08. The van der Waals surface area contributed by atoms with Crippen molar-refractivity contribution in [3.05, 3.63) is 22.6 Å². The third kappa shape index (κ3) is 2.84. The summed E-state index contributed by atoms with van der Waals surface area (Å²) in [6.07, 6.45) is 4.64. The maximum Gasteiger partial charge on any atom is 0.348 e. The van der Waals surface area contributed by atoms with Gasteiger partial charge in [0.15, 0.2) is 0 Å². The molecule has 0 saturated heterocycles. The summed E-state index contributed by atoms with van der Waals surface area (Å²) in [6.45, 7) is 0.541.